The van der Waals surface area contributed by atoms with Gasteiger partial charge in [-0.15, -0.1) is 0 Å². The van der Waals surface area contributed by atoms with Gasteiger partial charge in [0.2, 0.25) is 0 Å². The second-order valence-corrected chi connectivity index (χ2v) is 5.14. The van der Waals surface area contributed by atoms with E-state index < -0.39 is 4.92 Å². The molecule has 1 atom stereocenters. The zero-order chi connectivity index (χ0) is 14.2. The van der Waals surface area contributed by atoms with E-state index in [-0.39, 0.29) is 28.4 Å². The van der Waals surface area contributed by atoms with E-state index in [2.05, 4.69) is 4.98 Å². The number of carbonyl (C=O) groups is 1. The number of hydrogen-bond acceptors (Lipinski definition) is 4. The zero-order valence-corrected chi connectivity index (χ0v) is 11.4. The van der Waals surface area contributed by atoms with Crippen LogP contribution in [0.4, 0.5) is 5.69 Å². The molecule has 1 aliphatic carbocycles. The summed E-state index contributed by atoms with van der Waals surface area (Å²) in [5.41, 5.74) is -0.161. The number of aromatic nitrogens is 1. The molecule has 1 heterocycles. The third kappa shape index (κ3) is 2.84. The van der Waals surface area contributed by atoms with E-state index in [1.165, 1.54) is 6.07 Å². The number of halogens is 1. The van der Waals surface area contributed by atoms with Crippen molar-refractivity contribution in [3.8, 4) is 0 Å². The highest BCUT2D eigenvalue weighted by molar-refractivity contribution is 6.32. The van der Waals surface area contributed by atoms with Crippen molar-refractivity contribution in [3.05, 3.63) is 33.1 Å². The van der Waals surface area contributed by atoms with Crippen LogP contribution >= 0.6 is 11.6 Å². The minimum Gasteiger partial charge on any atom is -0.339 e. The van der Waals surface area contributed by atoms with E-state index in [0.717, 1.165) is 19.0 Å². The van der Waals surface area contributed by atoms with Gasteiger partial charge < -0.3 is 4.90 Å². The summed E-state index contributed by atoms with van der Waals surface area (Å²) < 4.78 is 0. The van der Waals surface area contributed by atoms with Crippen LogP contribution in [0.5, 0.6) is 0 Å². The van der Waals surface area contributed by atoms with Gasteiger partial charge in [-0.2, -0.15) is 0 Å². The Labute approximate surface area is 115 Å². The molecule has 1 amide bonds. The number of rotatable bonds is 4. The number of carbonyl (C=O) groups excluding carboxylic acids is 1. The monoisotopic (exact) mass is 283 g/mol. The minimum absolute atomic E-state index is 0.00885. The van der Waals surface area contributed by atoms with Gasteiger partial charge >= 0.3 is 0 Å². The van der Waals surface area contributed by atoms with Gasteiger partial charge in [0.25, 0.3) is 11.6 Å². The molecule has 1 fully saturated rings. The molecule has 19 heavy (non-hydrogen) atoms. The zero-order valence-electron chi connectivity index (χ0n) is 10.7. The molecule has 0 aliphatic heterocycles. The van der Waals surface area contributed by atoms with E-state index in [9.17, 15) is 14.9 Å². The molecule has 6 nitrogen and oxygen atoms in total. The fraction of sp³-hybridized carbons (Fsp3) is 0.500. The van der Waals surface area contributed by atoms with E-state index in [1.54, 1.807) is 11.9 Å². The maximum Gasteiger partial charge on any atom is 0.288 e. The number of amides is 1. The number of pyridine rings is 1. The summed E-state index contributed by atoms with van der Waals surface area (Å²) >= 11 is 5.86. The average Bonchev–Trinajstić information content (AvgIpc) is 3.20. The Bertz CT molecular complexity index is 531. The topological polar surface area (TPSA) is 76.3 Å². The second-order valence-electron chi connectivity index (χ2n) is 4.78. The maximum atomic E-state index is 12.3. The average molecular weight is 284 g/mol. The first-order valence-corrected chi connectivity index (χ1v) is 6.36. The van der Waals surface area contributed by atoms with Gasteiger partial charge in [-0.1, -0.05) is 11.6 Å². The molecular formula is C12H14ClN3O3. The molecule has 0 N–H and O–H groups in total. The number of nitro groups is 1. The van der Waals surface area contributed by atoms with Crippen molar-refractivity contribution < 1.29 is 9.72 Å². The molecule has 2 rings (SSSR count). The van der Waals surface area contributed by atoms with Gasteiger partial charge in [-0.3, -0.25) is 14.9 Å². The van der Waals surface area contributed by atoms with Gasteiger partial charge in [-0.25, -0.2) is 4.98 Å². The highest BCUT2D eigenvalue weighted by Gasteiger charge is 2.33. The van der Waals surface area contributed by atoms with Gasteiger partial charge in [-0.05, 0) is 25.7 Å². The van der Waals surface area contributed by atoms with Crippen LogP contribution < -0.4 is 0 Å². The standard InChI is InChI=1S/C12H14ClN3O3/c1-7(8-3-4-8)15(2)12(17)10-5-9(16(18)19)6-14-11(10)13/h5-8H,3-4H2,1-2H3. The van der Waals surface area contributed by atoms with Crippen LogP contribution in [0.15, 0.2) is 12.3 Å². The van der Waals surface area contributed by atoms with Crippen molar-refractivity contribution in [3.63, 3.8) is 0 Å². The fourth-order valence-corrected chi connectivity index (χ4v) is 2.14. The van der Waals surface area contributed by atoms with E-state index in [4.69, 9.17) is 11.6 Å². The lowest BCUT2D eigenvalue weighted by molar-refractivity contribution is -0.385. The Kier molecular flexibility index (Phi) is 3.71. The van der Waals surface area contributed by atoms with Gasteiger partial charge in [0.15, 0.2) is 0 Å². The first-order chi connectivity index (χ1) is 8.91. The molecule has 1 saturated carbocycles. The quantitative estimate of drug-likeness (QED) is 0.483. The van der Waals surface area contributed by atoms with Crippen LogP contribution in [-0.4, -0.2) is 33.8 Å². The molecular weight excluding hydrogens is 270 g/mol. The minimum atomic E-state index is -0.593. The fourth-order valence-electron chi connectivity index (χ4n) is 1.96. The summed E-state index contributed by atoms with van der Waals surface area (Å²) in [7, 11) is 1.68. The lowest BCUT2D eigenvalue weighted by atomic mass is 10.1. The summed E-state index contributed by atoms with van der Waals surface area (Å²) in [6.07, 6.45) is 3.27. The predicted octanol–water partition coefficient (Wildman–Crippen LogP) is 2.51. The first-order valence-electron chi connectivity index (χ1n) is 5.99. The van der Waals surface area contributed by atoms with Crippen LogP contribution in [0.1, 0.15) is 30.1 Å². The second kappa shape index (κ2) is 5.13. The first kappa shape index (κ1) is 13.7. The van der Waals surface area contributed by atoms with Crippen LogP contribution in [-0.2, 0) is 0 Å². The largest absolute Gasteiger partial charge is 0.339 e. The molecule has 1 aromatic rings. The van der Waals surface area contributed by atoms with Crippen molar-refractivity contribution in [2.75, 3.05) is 7.05 Å². The Hall–Kier alpha value is -1.69. The van der Waals surface area contributed by atoms with Gasteiger partial charge in [0, 0.05) is 19.2 Å². The third-order valence-electron chi connectivity index (χ3n) is 3.50. The summed E-state index contributed by atoms with van der Waals surface area (Å²) in [5, 5.41) is 10.7. The SMILES string of the molecule is CC(C1CC1)N(C)C(=O)c1cc([N+](=O)[O-])cnc1Cl. The smallest absolute Gasteiger partial charge is 0.288 e. The molecule has 0 bridgehead atoms. The number of hydrogen-bond donors (Lipinski definition) is 0. The van der Waals surface area contributed by atoms with Crippen LogP contribution in [0.25, 0.3) is 0 Å². The van der Waals surface area contributed by atoms with Gasteiger partial charge in [0.1, 0.15) is 11.3 Å². The summed E-state index contributed by atoms with van der Waals surface area (Å²) in [6, 6.07) is 1.27. The van der Waals surface area contributed by atoms with Crippen molar-refractivity contribution in [2.24, 2.45) is 5.92 Å². The van der Waals surface area contributed by atoms with Crippen LogP contribution in [0.3, 0.4) is 0 Å². The molecule has 1 aliphatic rings. The highest BCUT2D eigenvalue weighted by Crippen LogP contribution is 2.35. The summed E-state index contributed by atoms with van der Waals surface area (Å²) in [6.45, 7) is 1.97. The molecule has 0 radical (unpaired) electrons. The Morgan fingerprint density at radius 2 is 2.26 bits per heavy atom. The molecule has 102 valence electrons. The Balaban J connectivity index is 2.26. The lowest BCUT2D eigenvalue weighted by Gasteiger charge is -2.25. The Morgan fingerprint density at radius 1 is 1.63 bits per heavy atom. The molecule has 1 aromatic heterocycles. The van der Waals surface area contributed by atoms with Crippen LogP contribution in [0.2, 0.25) is 5.15 Å². The normalized spacial score (nSPS) is 15.9. The van der Waals surface area contributed by atoms with Gasteiger partial charge in [0.05, 0.1) is 10.5 Å². The molecule has 7 heteroatoms. The van der Waals surface area contributed by atoms with E-state index in [0.29, 0.717) is 5.92 Å². The van der Waals surface area contributed by atoms with E-state index >= 15 is 0 Å². The number of nitrogens with zero attached hydrogens (tertiary/aromatic N) is 3. The highest BCUT2D eigenvalue weighted by atomic mass is 35.5. The summed E-state index contributed by atoms with van der Waals surface area (Å²) in [4.78, 5) is 27.7. The lowest BCUT2D eigenvalue weighted by Crippen LogP contribution is -2.36. The van der Waals surface area contributed by atoms with Crippen LogP contribution in [0, 0.1) is 16.0 Å². The van der Waals surface area contributed by atoms with Crippen molar-refractivity contribution >= 4 is 23.2 Å². The van der Waals surface area contributed by atoms with E-state index in [1.807, 2.05) is 6.92 Å². The predicted molar refractivity (Wildman–Crippen MR) is 70.2 cm³/mol. The van der Waals surface area contributed by atoms with Crippen molar-refractivity contribution in [1.29, 1.82) is 0 Å². The molecule has 1 unspecified atom stereocenters. The molecule has 0 spiro atoms. The third-order valence-corrected chi connectivity index (χ3v) is 3.80. The molecule has 0 saturated heterocycles. The Morgan fingerprint density at radius 3 is 2.79 bits per heavy atom. The van der Waals surface area contributed by atoms with Crippen molar-refractivity contribution in [2.45, 2.75) is 25.8 Å². The molecule has 0 aromatic carbocycles. The van der Waals surface area contributed by atoms with Crippen molar-refractivity contribution in [1.82, 2.24) is 9.88 Å². The summed E-state index contributed by atoms with van der Waals surface area (Å²) in [5.74, 6) is 0.181. The maximum absolute atomic E-state index is 12.3.